The van der Waals surface area contributed by atoms with Crippen molar-refractivity contribution in [1.82, 2.24) is 0 Å². The van der Waals surface area contributed by atoms with Crippen LogP contribution in [0.3, 0.4) is 0 Å². The van der Waals surface area contributed by atoms with Gasteiger partial charge in [-0.2, -0.15) is 0 Å². The fourth-order valence-electron chi connectivity index (χ4n) is 3.46. The number of carbonyl (C=O) groups excluding carboxylic acids is 1. The summed E-state index contributed by atoms with van der Waals surface area (Å²) in [6.45, 7) is 0. The minimum Gasteiger partial charge on any atom is -0.325 e. The second-order valence-corrected chi connectivity index (χ2v) is 10.3. The molecule has 0 bridgehead atoms. The average Bonchev–Trinajstić information content (AvgIpc) is 3.12. The maximum atomic E-state index is 14.4. The third kappa shape index (κ3) is 4.41. The summed E-state index contributed by atoms with van der Waals surface area (Å²) in [6.07, 6.45) is 0. The average molecular weight is 454 g/mol. The predicted octanol–water partition coefficient (Wildman–Crippen LogP) is 3.19. The Hall–Kier alpha value is -2.10. The van der Waals surface area contributed by atoms with Gasteiger partial charge in [-0.1, -0.05) is 41.6 Å². The number of aliphatic imine (C=N–C) groups is 1. The smallest absolute Gasteiger partial charge is 0.234 e. The van der Waals surface area contributed by atoms with Gasteiger partial charge in [-0.15, -0.1) is 0 Å². The van der Waals surface area contributed by atoms with Crippen molar-refractivity contribution in [3.8, 4) is 0 Å². The van der Waals surface area contributed by atoms with Crippen LogP contribution in [0.2, 0.25) is 5.02 Å². The van der Waals surface area contributed by atoms with E-state index in [1.807, 2.05) is 0 Å². The van der Waals surface area contributed by atoms with Crippen LogP contribution >= 0.6 is 23.4 Å². The maximum absolute atomic E-state index is 14.4. The van der Waals surface area contributed by atoms with Crippen LogP contribution < -0.4 is 10.2 Å². The molecule has 0 aromatic heterocycles. The fraction of sp³-hybridized carbons (Fsp3) is 0.263. The molecule has 2 heterocycles. The van der Waals surface area contributed by atoms with E-state index in [0.29, 0.717) is 15.9 Å². The van der Waals surface area contributed by atoms with Crippen molar-refractivity contribution in [3.05, 3.63) is 59.4 Å². The number of halogens is 2. The molecular weight excluding hydrogens is 437 g/mol. The SMILES string of the molecule is O=C(CSC1=NC2CS(=O)(=O)CC2N1c1ccccc1F)Nc1cccc(Cl)c1. The third-order valence-corrected chi connectivity index (χ3v) is 7.56. The first kappa shape index (κ1) is 20.2. The van der Waals surface area contributed by atoms with Gasteiger partial charge < -0.3 is 10.2 Å². The number of nitrogens with one attached hydrogen (secondary N) is 1. The molecule has 6 nitrogen and oxygen atoms in total. The molecule has 152 valence electrons. The topological polar surface area (TPSA) is 78.8 Å². The van der Waals surface area contributed by atoms with E-state index < -0.39 is 27.7 Å². The molecule has 10 heteroatoms. The maximum Gasteiger partial charge on any atom is 0.234 e. The molecular formula is C19H17ClFN3O3S2. The monoisotopic (exact) mass is 453 g/mol. The Morgan fingerprint density at radius 3 is 2.79 bits per heavy atom. The molecule has 2 aliphatic heterocycles. The zero-order chi connectivity index (χ0) is 20.6. The Morgan fingerprint density at radius 2 is 2.03 bits per heavy atom. The van der Waals surface area contributed by atoms with Gasteiger partial charge in [0.25, 0.3) is 0 Å². The van der Waals surface area contributed by atoms with Crippen molar-refractivity contribution in [2.75, 3.05) is 27.5 Å². The summed E-state index contributed by atoms with van der Waals surface area (Å²) in [5.74, 6) is -0.842. The number of para-hydroxylation sites is 1. The highest BCUT2D eigenvalue weighted by molar-refractivity contribution is 8.14. The van der Waals surface area contributed by atoms with Crippen LogP contribution in [0.5, 0.6) is 0 Å². The summed E-state index contributed by atoms with van der Waals surface area (Å²) >= 11 is 7.07. The molecule has 29 heavy (non-hydrogen) atoms. The van der Waals surface area contributed by atoms with Crippen molar-refractivity contribution in [2.24, 2.45) is 4.99 Å². The second-order valence-electron chi connectivity index (χ2n) is 6.79. The molecule has 2 aromatic carbocycles. The van der Waals surface area contributed by atoms with Gasteiger partial charge in [0.15, 0.2) is 15.0 Å². The van der Waals surface area contributed by atoms with Crippen molar-refractivity contribution in [2.45, 2.75) is 12.1 Å². The summed E-state index contributed by atoms with van der Waals surface area (Å²) in [7, 11) is -3.23. The highest BCUT2D eigenvalue weighted by Crippen LogP contribution is 2.36. The second kappa shape index (κ2) is 7.97. The predicted molar refractivity (Wildman–Crippen MR) is 115 cm³/mol. The zero-order valence-electron chi connectivity index (χ0n) is 15.1. The van der Waals surface area contributed by atoms with Crippen molar-refractivity contribution < 1.29 is 17.6 Å². The minimum absolute atomic E-state index is 0.0441. The molecule has 0 radical (unpaired) electrons. The number of carbonyl (C=O) groups is 1. The lowest BCUT2D eigenvalue weighted by atomic mass is 10.1. The summed E-state index contributed by atoms with van der Waals surface area (Å²) in [5, 5.41) is 3.70. The number of sulfone groups is 1. The summed E-state index contributed by atoms with van der Waals surface area (Å²) < 4.78 is 38.5. The number of thioether (sulfide) groups is 1. The normalized spacial score (nSPS) is 22.3. The highest BCUT2D eigenvalue weighted by Gasteiger charge is 2.47. The number of amidine groups is 1. The Labute approximate surface area is 177 Å². The lowest BCUT2D eigenvalue weighted by molar-refractivity contribution is -0.113. The zero-order valence-corrected chi connectivity index (χ0v) is 17.5. The van der Waals surface area contributed by atoms with Gasteiger partial charge in [0.05, 0.1) is 35.0 Å². The van der Waals surface area contributed by atoms with Crippen molar-refractivity contribution in [1.29, 1.82) is 0 Å². The van der Waals surface area contributed by atoms with E-state index in [4.69, 9.17) is 11.6 Å². The molecule has 1 amide bonds. The fourth-order valence-corrected chi connectivity index (χ4v) is 6.41. The van der Waals surface area contributed by atoms with Gasteiger partial charge in [0, 0.05) is 10.7 Å². The molecule has 0 aliphatic carbocycles. The number of hydrogen-bond donors (Lipinski definition) is 1. The van der Waals surface area contributed by atoms with E-state index >= 15 is 0 Å². The molecule has 2 aromatic rings. The van der Waals surface area contributed by atoms with Crippen LogP contribution in [0, 0.1) is 5.82 Å². The first-order valence-electron chi connectivity index (χ1n) is 8.82. The van der Waals surface area contributed by atoms with Crippen LogP contribution in [0.4, 0.5) is 15.8 Å². The van der Waals surface area contributed by atoms with E-state index in [9.17, 15) is 17.6 Å². The third-order valence-electron chi connectivity index (χ3n) is 4.66. The number of fused-ring (bicyclic) bond motifs is 1. The number of nitrogens with zero attached hydrogens (tertiary/aromatic N) is 2. The number of hydrogen-bond acceptors (Lipinski definition) is 6. The van der Waals surface area contributed by atoms with Crippen molar-refractivity contribution >= 4 is 55.6 Å². The van der Waals surface area contributed by atoms with Crippen LogP contribution in [0.25, 0.3) is 0 Å². The molecule has 4 rings (SSSR count). The quantitative estimate of drug-likeness (QED) is 0.769. The van der Waals surface area contributed by atoms with E-state index in [2.05, 4.69) is 10.3 Å². The first-order chi connectivity index (χ1) is 13.8. The summed E-state index contributed by atoms with van der Waals surface area (Å²) in [6, 6.07) is 12.0. The van der Waals surface area contributed by atoms with Gasteiger partial charge in [-0.05, 0) is 30.3 Å². The van der Waals surface area contributed by atoms with Gasteiger partial charge in [-0.3, -0.25) is 9.79 Å². The molecule has 1 fully saturated rings. The molecule has 2 atom stereocenters. The van der Waals surface area contributed by atoms with Gasteiger partial charge in [0.1, 0.15) is 5.82 Å². The van der Waals surface area contributed by atoms with Crippen LogP contribution in [0.1, 0.15) is 0 Å². The number of rotatable bonds is 4. The number of benzene rings is 2. The Morgan fingerprint density at radius 1 is 1.24 bits per heavy atom. The van der Waals surface area contributed by atoms with E-state index in [1.54, 1.807) is 47.4 Å². The minimum atomic E-state index is -3.23. The molecule has 0 spiro atoms. The summed E-state index contributed by atoms with van der Waals surface area (Å²) in [4.78, 5) is 18.4. The lowest BCUT2D eigenvalue weighted by Gasteiger charge is -2.26. The molecule has 0 saturated carbocycles. The Bertz CT molecular complexity index is 1090. The van der Waals surface area contributed by atoms with Gasteiger partial charge in [-0.25, -0.2) is 12.8 Å². The number of anilines is 2. The largest absolute Gasteiger partial charge is 0.325 e. The standard InChI is InChI=1S/C19H17ClFN3O3S2/c20-12-4-3-5-13(8-12)22-18(25)9-28-19-23-15-10-29(26,27)11-17(15)24(19)16-7-2-1-6-14(16)21/h1-8,15,17H,9-11H2,(H,22,25). The van der Waals surface area contributed by atoms with E-state index in [1.165, 1.54) is 6.07 Å². The van der Waals surface area contributed by atoms with Gasteiger partial charge in [0.2, 0.25) is 5.91 Å². The van der Waals surface area contributed by atoms with E-state index in [-0.39, 0.29) is 28.9 Å². The molecule has 1 saturated heterocycles. The molecule has 1 N–H and O–H groups in total. The van der Waals surface area contributed by atoms with Crippen LogP contribution in [-0.2, 0) is 14.6 Å². The summed E-state index contributed by atoms with van der Waals surface area (Å²) in [5.41, 5.74) is 0.837. The lowest BCUT2D eigenvalue weighted by Crippen LogP contribution is -2.40. The first-order valence-corrected chi connectivity index (χ1v) is 12.0. The highest BCUT2D eigenvalue weighted by atomic mass is 35.5. The van der Waals surface area contributed by atoms with E-state index in [0.717, 1.165) is 11.8 Å². The van der Waals surface area contributed by atoms with Crippen LogP contribution in [0.15, 0.2) is 53.5 Å². The van der Waals surface area contributed by atoms with Gasteiger partial charge >= 0.3 is 0 Å². The Balaban J connectivity index is 1.52. The molecule has 2 unspecified atom stereocenters. The van der Waals surface area contributed by atoms with Crippen LogP contribution in [-0.4, -0.2) is 48.8 Å². The molecule has 2 aliphatic rings. The van der Waals surface area contributed by atoms with Crippen molar-refractivity contribution in [3.63, 3.8) is 0 Å². The number of amides is 1. The Kier molecular flexibility index (Phi) is 5.54.